The summed E-state index contributed by atoms with van der Waals surface area (Å²) in [4.78, 5) is 79.8. The first kappa shape index (κ1) is 53.9. The summed E-state index contributed by atoms with van der Waals surface area (Å²) >= 11 is 0. The van der Waals surface area contributed by atoms with Crippen molar-refractivity contribution in [3.05, 3.63) is 69.8 Å². The Labute approximate surface area is 411 Å². The number of hydrogen-bond donors (Lipinski definition) is 5. The lowest BCUT2D eigenvalue weighted by Gasteiger charge is -2.38. The smallest absolute Gasteiger partial charge is 0.321 e. The Morgan fingerprint density at radius 3 is 2.26 bits per heavy atom. The zero-order chi connectivity index (χ0) is 51.7. The summed E-state index contributed by atoms with van der Waals surface area (Å²) in [5.74, 6) is -10.1. The second-order valence-electron chi connectivity index (χ2n) is 20.3. The molecule has 384 valence electrons. The maximum Gasteiger partial charge on any atom is 0.321 e. The van der Waals surface area contributed by atoms with Crippen molar-refractivity contribution in [1.29, 1.82) is 0 Å². The lowest BCUT2D eigenvalue weighted by atomic mass is 9.78. The zero-order valence-corrected chi connectivity index (χ0v) is 42.9. The van der Waals surface area contributed by atoms with E-state index in [2.05, 4.69) is 29.4 Å². The highest BCUT2D eigenvalue weighted by Gasteiger charge is 2.54. The number of ketones is 2. The number of hydrogen-bond acceptors (Lipinski definition) is 17. The Balaban J connectivity index is 1.44. The number of nitrogens with zero attached hydrogens (tertiary/aromatic N) is 3. The number of rotatable bonds is 9. The third-order valence-corrected chi connectivity index (χ3v) is 14.6. The SMILES string of the molecule is CCN(C)COC(=O)C(C)C(=O)O[C@H]1[C@H](C)[C@H](O)[C@H](C)[C@@H](O)[C@@H](C)/C=C/C=C(/C)C(=O)NC2=C3NC4(CCN(CC(C)C)CC4)N=C3c3c(c(O)c(C)c4c3C(=O)[C@@](C)(O/C=C/[C@H](OC)[C@H]1C)O4)C2=O. The number of benzene rings is 1. The third-order valence-electron chi connectivity index (χ3n) is 14.6. The number of nitrogens with one attached hydrogen (secondary N) is 2. The van der Waals surface area contributed by atoms with Gasteiger partial charge in [0.15, 0.2) is 5.92 Å². The summed E-state index contributed by atoms with van der Waals surface area (Å²) in [6.45, 7) is 21.7. The van der Waals surface area contributed by atoms with E-state index in [1.165, 1.54) is 46.3 Å². The molecule has 18 heteroatoms. The average molecular weight is 976 g/mol. The molecule has 1 aliphatic carbocycles. The lowest BCUT2D eigenvalue weighted by Crippen LogP contribution is -2.50. The predicted molar refractivity (Wildman–Crippen MR) is 260 cm³/mol. The van der Waals surface area contributed by atoms with Gasteiger partial charge >= 0.3 is 17.7 Å². The number of methoxy groups -OCH3 is 1. The number of ether oxygens (including phenoxy) is 5. The molecule has 5 aliphatic heterocycles. The van der Waals surface area contributed by atoms with Crippen LogP contribution in [0.15, 0.2) is 52.5 Å². The number of piperidine rings is 1. The Morgan fingerprint density at radius 2 is 1.63 bits per heavy atom. The summed E-state index contributed by atoms with van der Waals surface area (Å²) in [5, 5.41) is 41.7. The molecule has 7 rings (SSSR count). The summed E-state index contributed by atoms with van der Waals surface area (Å²) in [5.41, 5.74) is -0.457. The van der Waals surface area contributed by atoms with Gasteiger partial charge in [-0.1, -0.05) is 66.7 Å². The Kier molecular flexibility index (Phi) is 16.6. The summed E-state index contributed by atoms with van der Waals surface area (Å²) in [7, 11) is 3.18. The van der Waals surface area contributed by atoms with Gasteiger partial charge in [-0.15, -0.1) is 0 Å². The normalized spacial score (nSPS) is 31.5. The predicted octanol–water partition coefficient (Wildman–Crippen LogP) is 4.68. The van der Waals surface area contributed by atoms with Crippen molar-refractivity contribution in [1.82, 2.24) is 20.4 Å². The largest absolute Gasteiger partial charge is 0.507 e. The molecule has 0 saturated carbocycles. The number of carbonyl (C=O) groups is 5. The topological polar surface area (TPSA) is 235 Å². The summed E-state index contributed by atoms with van der Waals surface area (Å²) < 4.78 is 29.8. The van der Waals surface area contributed by atoms with E-state index in [0.29, 0.717) is 38.4 Å². The number of esters is 2. The number of amides is 1. The number of phenolic OH excluding ortho intramolecular Hbond substituents is 1. The van der Waals surface area contributed by atoms with Gasteiger partial charge in [0, 0.05) is 86.9 Å². The molecule has 1 fully saturated rings. The molecule has 5 bridgehead atoms. The molecule has 1 aromatic rings. The second kappa shape index (κ2) is 21.5. The molecule has 1 spiro atoms. The van der Waals surface area contributed by atoms with E-state index < -0.39 is 101 Å². The quantitative estimate of drug-likeness (QED) is 0.128. The van der Waals surface area contributed by atoms with Crippen molar-refractivity contribution in [2.75, 3.05) is 47.1 Å². The van der Waals surface area contributed by atoms with E-state index in [1.807, 2.05) is 6.92 Å². The molecular formula is C52H73N5O13. The monoisotopic (exact) mass is 976 g/mol. The molecule has 0 aromatic heterocycles. The fourth-order valence-electron chi connectivity index (χ4n) is 9.80. The van der Waals surface area contributed by atoms with Crippen LogP contribution < -0.4 is 15.4 Å². The second-order valence-corrected chi connectivity index (χ2v) is 20.3. The highest BCUT2D eigenvalue weighted by molar-refractivity contribution is 6.34. The summed E-state index contributed by atoms with van der Waals surface area (Å²) in [6, 6.07) is 0. The number of allylic oxidation sites excluding steroid dienone is 4. The first-order valence-electron chi connectivity index (χ1n) is 24.4. The van der Waals surface area contributed by atoms with E-state index in [1.54, 1.807) is 58.7 Å². The molecular weight excluding hydrogens is 903 g/mol. The number of phenols is 1. The van der Waals surface area contributed by atoms with Gasteiger partial charge in [0.25, 0.3) is 11.7 Å². The molecule has 10 atom stereocenters. The highest BCUT2D eigenvalue weighted by Crippen LogP contribution is 2.50. The number of fused-ring (bicyclic) bond motifs is 13. The van der Waals surface area contributed by atoms with Crippen LogP contribution in [0.2, 0.25) is 0 Å². The zero-order valence-electron chi connectivity index (χ0n) is 42.9. The van der Waals surface area contributed by atoms with Crippen molar-refractivity contribution in [3.63, 3.8) is 0 Å². The van der Waals surface area contributed by atoms with Crippen molar-refractivity contribution in [2.45, 2.75) is 125 Å². The minimum absolute atomic E-state index is 0.00533. The van der Waals surface area contributed by atoms with Crippen LogP contribution in [0.5, 0.6) is 11.5 Å². The number of Topliss-reactive ketones (excluding diaryl/α,β-unsaturated/α-hetero) is 2. The van der Waals surface area contributed by atoms with Gasteiger partial charge in [-0.25, -0.2) is 0 Å². The molecule has 1 saturated heterocycles. The average Bonchev–Trinajstić information content (AvgIpc) is 3.83. The van der Waals surface area contributed by atoms with Crippen LogP contribution >= 0.6 is 0 Å². The van der Waals surface area contributed by atoms with Crippen LogP contribution in [0.3, 0.4) is 0 Å². The van der Waals surface area contributed by atoms with Crippen molar-refractivity contribution in [2.24, 2.45) is 40.5 Å². The molecule has 18 nitrogen and oxygen atoms in total. The van der Waals surface area contributed by atoms with Gasteiger partial charge in [-0.05, 0) is 46.4 Å². The van der Waals surface area contributed by atoms with Crippen LogP contribution in [-0.2, 0) is 33.3 Å². The standard InChI is InChI=1S/C52H73N5O13/c1-14-56(12)25-67-49(64)33(10)50(65)69-45-29(6)34(66-13)18-23-68-51(11)47(62)37-35-36(43(60)32(9)46(37)70-51)44(61)40(39-38(35)54-52(55-39)19-21-57(22-20-52)24-26(2)3)53-48(63)28(5)17-15-16-27(4)41(58)30(7)42(59)31(45)8/h15-18,23,26-27,29-31,33-34,41-42,45,55,58-60H,14,19-22,24-25H2,1-13H3,(H,53,63)/b16-15+,23-18+,28-17-/t27-,29+,30+,31+,33?,34-,41-,42+,45+,51-/m0/s1. The van der Waals surface area contributed by atoms with Crippen molar-refractivity contribution >= 4 is 35.1 Å². The van der Waals surface area contributed by atoms with Crippen LogP contribution in [0, 0.1) is 42.4 Å². The molecule has 0 radical (unpaired) electrons. The number of likely N-dealkylation sites (tertiary alicyclic amines) is 1. The van der Waals surface area contributed by atoms with Crippen LogP contribution in [0.4, 0.5) is 0 Å². The Hall–Kier alpha value is -5.40. The molecule has 1 amide bonds. The Bertz CT molecular complexity index is 2380. The molecule has 5 heterocycles. The highest BCUT2D eigenvalue weighted by atomic mass is 16.7. The molecule has 1 unspecified atom stereocenters. The number of aromatic hydroxyl groups is 1. The van der Waals surface area contributed by atoms with E-state index in [9.17, 15) is 39.3 Å². The van der Waals surface area contributed by atoms with Gasteiger partial charge < -0.3 is 54.5 Å². The first-order valence-corrected chi connectivity index (χ1v) is 24.4. The van der Waals surface area contributed by atoms with Crippen LogP contribution in [-0.4, -0.2) is 143 Å². The first-order chi connectivity index (χ1) is 32.9. The van der Waals surface area contributed by atoms with Gasteiger partial charge in [-0.3, -0.25) is 33.9 Å². The van der Waals surface area contributed by atoms with E-state index in [0.717, 1.165) is 6.54 Å². The van der Waals surface area contributed by atoms with Gasteiger partial charge in [0.1, 0.15) is 35.7 Å². The number of aliphatic hydroxyl groups is 2. The number of carbonyl (C=O) groups excluding carboxylic acids is 5. The summed E-state index contributed by atoms with van der Waals surface area (Å²) in [6.07, 6.45) is 4.20. The fourth-order valence-corrected chi connectivity index (χ4v) is 9.80. The number of aliphatic imine (C=N–C) groups is 1. The Morgan fingerprint density at radius 1 is 0.957 bits per heavy atom. The number of aliphatic hydroxyl groups excluding tert-OH is 2. The molecule has 5 N–H and O–H groups in total. The van der Waals surface area contributed by atoms with Crippen molar-refractivity contribution < 1.29 is 63.0 Å². The van der Waals surface area contributed by atoms with E-state index in [4.69, 9.17) is 28.7 Å². The fraction of sp³-hybridized carbons (Fsp3) is 0.615. The van der Waals surface area contributed by atoms with Gasteiger partial charge in [0.05, 0.1) is 47.1 Å². The van der Waals surface area contributed by atoms with Crippen molar-refractivity contribution in [3.8, 4) is 11.5 Å². The maximum absolute atomic E-state index is 14.9. The van der Waals surface area contributed by atoms with Gasteiger partial charge in [-0.2, -0.15) is 0 Å². The maximum atomic E-state index is 14.9. The molecule has 6 aliphatic rings. The minimum Gasteiger partial charge on any atom is -0.507 e. The third kappa shape index (κ3) is 10.6. The lowest BCUT2D eigenvalue weighted by molar-refractivity contribution is -0.175. The van der Waals surface area contributed by atoms with E-state index in [-0.39, 0.29) is 57.4 Å². The van der Waals surface area contributed by atoms with Gasteiger partial charge in [0.2, 0.25) is 5.78 Å². The van der Waals surface area contributed by atoms with Crippen LogP contribution in [0.25, 0.3) is 0 Å². The van der Waals surface area contributed by atoms with Crippen LogP contribution in [0.1, 0.15) is 114 Å². The van der Waals surface area contributed by atoms with E-state index >= 15 is 0 Å². The minimum atomic E-state index is -2.04. The molecule has 70 heavy (non-hydrogen) atoms. The molecule has 1 aromatic carbocycles.